The average Bonchev–Trinajstić information content (AvgIpc) is 2.90. The van der Waals surface area contributed by atoms with Crippen LogP contribution in [0.15, 0.2) is 23.0 Å². The summed E-state index contributed by atoms with van der Waals surface area (Å²) >= 11 is 0. The van der Waals surface area contributed by atoms with Crippen LogP contribution in [0.3, 0.4) is 0 Å². The van der Waals surface area contributed by atoms with Gasteiger partial charge in [0.15, 0.2) is 0 Å². The van der Waals surface area contributed by atoms with Gasteiger partial charge in [-0.15, -0.1) is 0 Å². The van der Waals surface area contributed by atoms with E-state index in [1.165, 1.54) is 32.1 Å². The molecule has 2 rings (SSSR count). The minimum absolute atomic E-state index is 0.0156. The number of ether oxygens (including phenoxy) is 1. The van der Waals surface area contributed by atoms with E-state index in [1.807, 2.05) is 6.07 Å². The van der Waals surface area contributed by atoms with E-state index < -0.39 is 0 Å². The molecule has 1 heterocycles. The molecule has 1 saturated carbocycles. The Labute approximate surface area is 102 Å². The minimum atomic E-state index is 0.0156. The number of methoxy groups -OCH3 is 1. The van der Waals surface area contributed by atoms with E-state index >= 15 is 0 Å². The van der Waals surface area contributed by atoms with Crippen LogP contribution in [0.4, 0.5) is 0 Å². The monoisotopic (exact) mass is 238 g/mol. The van der Waals surface area contributed by atoms with Crippen LogP contribution < -0.4 is 11.3 Å². The highest BCUT2D eigenvalue weighted by Crippen LogP contribution is 2.33. The van der Waals surface area contributed by atoms with E-state index in [1.54, 1.807) is 19.6 Å². The van der Waals surface area contributed by atoms with E-state index in [-0.39, 0.29) is 12.1 Å². The fraction of sp³-hybridized carbons (Fsp3) is 0.692. The first kappa shape index (κ1) is 12.6. The van der Waals surface area contributed by atoms with Crippen LogP contribution in [0.5, 0.6) is 0 Å². The Bertz CT molecular complexity index is 307. The Morgan fingerprint density at radius 2 is 2.18 bits per heavy atom. The fourth-order valence-electron chi connectivity index (χ4n) is 2.90. The summed E-state index contributed by atoms with van der Waals surface area (Å²) in [6.07, 6.45) is 9.94. The molecule has 4 nitrogen and oxygen atoms in total. The third-order valence-corrected chi connectivity index (χ3v) is 3.80. The molecule has 3 N–H and O–H groups in total. The lowest BCUT2D eigenvalue weighted by molar-refractivity contribution is 0.00736. The lowest BCUT2D eigenvalue weighted by Gasteiger charge is -2.34. The zero-order valence-electron chi connectivity index (χ0n) is 10.4. The van der Waals surface area contributed by atoms with Crippen molar-refractivity contribution >= 4 is 0 Å². The van der Waals surface area contributed by atoms with Gasteiger partial charge in [-0.3, -0.25) is 11.3 Å². The summed E-state index contributed by atoms with van der Waals surface area (Å²) in [5.74, 6) is 6.26. The number of hydrazine groups is 1. The van der Waals surface area contributed by atoms with Crippen molar-refractivity contribution in [1.29, 1.82) is 0 Å². The molecule has 0 spiro atoms. The third-order valence-electron chi connectivity index (χ3n) is 3.80. The molecular formula is C13H22N2O2. The molecule has 0 aliphatic heterocycles. The molecule has 0 amide bonds. The highest BCUT2D eigenvalue weighted by molar-refractivity contribution is 5.13. The van der Waals surface area contributed by atoms with Crippen LogP contribution in [0.25, 0.3) is 0 Å². The van der Waals surface area contributed by atoms with Gasteiger partial charge in [0.25, 0.3) is 0 Å². The van der Waals surface area contributed by atoms with Crippen molar-refractivity contribution in [1.82, 2.24) is 5.43 Å². The summed E-state index contributed by atoms with van der Waals surface area (Å²) in [6.45, 7) is 0. The summed E-state index contributed by atoms with van der Waals surface area (Å²) < 4.78 is 10.8. The lowest BCUT2D eigenvalue weighted by Crippen LogP contribution is -2.41. The highest BCUT2D eigenvalue weighted by atomic mass is 16.5. The highest BCUT2D eigenvalue weighted by Gasteiger charge is 2.31. The standard InChI is InChI=1S/C13H22N2O2/c1-16-13(10-5-3-2-4-6-10)12(15-14)11-7-8-17-9-11/h7-10,12-13,15H,2-6,14H2,1H3. The number of hydrogen-bond donors (Lipinski definition) is 2. The van der Waals surface area contributed by atoms with Gasteiger partial charge in [-0.05, 0) is 24.8 Å². The lowest BCUT2D eigenvalue weighted by atomic mass is 9.81. The molecule has 0 saturated heterocycles. The van der Waals surface area contributed by atoms with Gasteiger partial charge in [0.05, 0.1) is 24.7 Å². The molecule has 4 heteroatoms. The molecule has 2 atom stereocenters. The van der Waals surface area contributed by atoms with E-state index in [0.29, 0.717) is 5.92 Å². The maximum absolute atomic E-state index is 5.68. The van der Waals surface area contributed by atoms with E-state index in [2.05, 4.69) is 5.43 Å². The summed E-state index contributed by atoms with van der Waals surface area (Å²) in [7, 11) is 1.77. The molecule has 2 unspecified atom stereocenters. The molecule has 17 heavy (non-hydrogen) atoms. The van der Waals surface area contributed by atoms with Crippen molar-refractivity contribution in [2.24, 2.45) is 11.8 Å². The molecule has 0 bridgehead atoms. The summed E-state index contributed by atoms with van der Waals surface area (Å²) in [6, 6.07) is 1.96. The molecule has 0 aromatic carbocycles. The van der Waals surface area contributed by atoms with Gasteiger partial charge in [0, 0.05) is 12.7 Å². The van der Waals surface area contributed by atoms with Crippen molar-refractivity contribution in [2.45, 2.75) is 44.2 Å². The largest absolute Gasteiger partial charge is 0.472 e. The first-order valence-corrected chi connectivity index (χ1v) is 6.38. The van der Waals surface area contributed by atoms with Crippen LogP contribution >= 0.6 is 0 Å². The molecule has 1 fully saturated rings. The van der Waals surface area contributed by atoms with Crippen molar-refractivity contribution in [3.05, 3.63) is 24.2 Å². The van der Waals surface area contributed by atoms with Gasteiger partial charge in [-0.25, -0.2) is 0 Å². The maximum Gasteiger partial charge on any atom is 0.0951 e. The molecule has 96 valence electrons. The van der Waals surface area contributed by atoms with Crippen molar-refractivity contribution in [3.63, 3.8) is 0 Å². The average molecular weight is 238 g/mol. The number of nitrogens with one attached hydrogen (secondary N) is 1. The van der Waals surface area contributed by atoms with E-state index in [4.69, 9.17) is 15.0 Å². The molecule has 1 aliphatic carbocycles. The van der Waals surface area contributed by atoms with Crippen LogP contribution in [-0.2, 0) is 4.74 Å². The second-order valence-electron chi connectivity index (χ2n) is 4.80. The predicted octanol–water partition coefficient (Wildman–Crippen LogP) is 2.38. The first-order valence-electron chi connectivity index (χ1n) is 6.38. The number of nitrogens with two attached hydrogens (primary N) is 1. The van der Waals surface area contributed by atoms with Crippen LogP contribution in [0, 0.1) is 5.92 Å². The quantitative estimate of drug-likeness (QED) is 0.611. The topological polar surface area (TPSA) is 60.4 Å². The zero-order valence-corrected chi connectivity index (χ0v) is 10.4. The molecule has 1 aliphatic rings. The van der Waals surface area contributed by atoms with Gasteiger partial charge in [-0.2, -0.15) is 0 Å². The van der Waals surface area contributed by atoms with Gasteiger partial charge in [0.2, 0.25) is 0 Å². The van der Waals surface area contributed by atoms with E-state index in [9.17, 15) is 0 Å². The molecule has 1 aromatic rings. The van der Waals surface area contributed by atoms with Gasteiger partial charge >= 0.3 is 0 Å². The summed E-state index contributed by atoms with van der Waals surface area (Å²) in [5.41, 5.74) is 3.93. The van der Waals surface area contributed by atoms with Gasteiger partial charge in [0.1, 0.15) is 0 Å². The Hall–Kier alpha value is -0.840. The van der Waals surface area contributed by atoms with Crippen LogP contribution in [0.2, 0.25) is 0 Å². The predicted molar refractivity (Wildman–Crippen MR) is 66.1 cm³/mol. The Morgan fingerprint density at radius 1 is 1.41 bits per heavy atom. The van der Waals surface area contributed by atoms with Crippen molar-refractivity contribution < 1.29 is 9.15 Å². The summed E-state index contributed by atoms with van der Waals surface area (Å²) in [4.78, 5) is 0. The number of hydrogen-bond acceptors (Lipinski definition) is 4. The van der Waals surface area contributed by atoms with E-state index in [0.717, 1.165) is 5.56 Å². The zero-order chi connectivity index (χ0) is 12.1. The molecule has 1 aromatic heterocycles. The Morgan fingerprint density at radius 3 is 2.71 bits per heavy atom. The SMILES string of the molecule is COC(C1CCCCC1)C(NN)c1ccoc1. The van der Waals surface area contributed by atoms with Gasteiger partial charge in [-0.1, -0.05) is 19.3 Å². The fourth-order valence-corrected chi connectivity index (χ4v) is 2.90. The second-order valence-corrected chi connectivity index (χ2v) is 4.80. The van der Waals surface area contributed by atoms with Crippen LogP contribution in [-0.4, -0.2) is 13.2 Å². The van der Waals surface area contributed by atoms with Crippen molar-refractivity contribution in [2.75, 3.05) is 7.11 Å². The first-order chi connectivity index (χ1) is 8.36. The smallest absolute Gasteiger partial charge is 0.0951 e. The second kappa shape index (κ2) is 6.19. The molecular weight excluding hydrogens is 216 g/mol. The minimum Gasteiger partial charge on any atom is -0.472 e. The Kier molecular flexibility index (Phi) is 4.59. The van der Waals surface area contributed by atoms with Gasteiger partial charge < -0.3 is 9.15 Å². The van der Waals surface area contributed by atoms with Crippen LogP contribution in [0.1, 0.15) is 43.7 Å². The maximum atomic E-state index is 5.68. The summed E-state index contributed by atoms with van der Waals surface area (Å²) in [5, 5.41) is 0. The normalized spacial score (nSPS) is 21.3. The number of rotatable bonds is 5. The van der Waals surface area contributed by atoms with Crippen molar-refractivity contribution in [3.8, 4) is 0 Å². The Balaban J connectivity index is 2.09. The third kappa shape index (κ3) is 2.89. The number of furan rings is 1. The molecule has 0 radical (unpaired) electrons.